The molecule has 0 spiro atoms. The van der Waals surface area contributed by atoms with E-state index in [0.717, 1.165) is 5.56 Å². The first-order chi connectivity index (χ1) is 12.5. The minimum Gasteiger partial charge on any atom is -0.484 e. The smallest absolute Gasteiger partial charge is 0.261 e. The van der Waals surface area contributed by atoms with Crippen LogP contribution in [0.1, 0.15) is 35.7 Å². The molecule has 26 heavy (non-hydrogen) atoms. The summed E-state index contributed by atoms with van der Waals surface area (Å²) >= 11 is 0. The lowest BCUT2D eigenvalue weighted by Crippen LogP contribution is -2.42. The second kappa shape index (κ2) is 8.04. The molecule has 3 rings (SSSR count). The third kappa shape index (κ3) is 4.63. The van der Waals surface area contributed by atoms with E-state index < -0.39 is 5.91 Å². The second-order valence-corrected chi connectivity index (χ2v) is 6.76. The van der Waals surface area contributed by atoms with Crippen LogP contribution in [0.5, 0.6) is 5.75 Å². The lowest BCUT2D eigenvalue weighted by atomic mass is 10.1. The van der Waals surface area contributed by atoms with Crippen LogP contribution in [0.3, 0.4) is 0 Å². The van der Waals surface area contributed by atoms with E-state index in [1.54, 1.807) is 24.3 Å². The van der Waals surface area contributed by atoms with Crippen molar-refractivity contribution >= 4 is 11.8 Å². The van der Waals surface area contributed by atoms with E-state index in [2.05, 4.69) is 6.92 Å². The summed E-state index contributed by atoms with van der Waals surface area (Å²) in [5, 5.41) is 0. The highest BCUT2D eigenvalue weighted by molar-refractivity contribution is 5.92. The Kier molecular flexibility index (Phi) is 5.56. The quantitative estimate of drug-likeness (QED) is 0.794. The molecule has 2 N–H and O–H groups in total. The molecule has 2 amide bonds. The summed E-state index contributed by atoms with van der Waals surface area (Å²) in [6, 6.07) is 16.7. The fraction of sp³-hybridized carbons (Fsp3) is 0.333. The van der Waals surface area contributed by atoms with Crippen molar-refractivity contribution in [2.24, 2.45) is 11.7 Å². The van der Waals surface area contributed by atoms with E-state index in [1.165, 1.54) is 12.8 Å². The van der Waals surface area contributed by atoms with E-state index in [-0.39, 0.29) is 18.6 Å². The first kappa shape index (κ1) is 18.0. The Morgan fingerprint density at radius 2 is 1.77 bits per heavy atom. The van der Waals surface area contributed by atoms with Crippen LogP contribution < -0.4 is 10.5 Å². The van der Waals surface area contributed by atoms with Crippen molar-refractivity contribution in [2.45, 2.75) is 32.4 Å². The summed E-state index contributed by atoms with van der Waals surface area (Å²) < 4.78 is 5.63. The van der Waals surface area contributed by atoms with Gasteiger partial charge in [-0.2, -0.15) is 0 Å². The van der Waals surface area contributed by atoms with Crippen molar-refractivity contribution in [3.05, 3.63) is 65.7 Å². The molecule has 1 saturated carbocycles. The van der Waals surface area contributed by atoms with Crippen molar-refractivity contribution in [1.29, 1.82) is 0 Å². The minimum absolute atomic E-state index is 0.0280. The Morgan fingerprint density at radius 3 is 2.35 bits per heavy atom. The van der Waals surface area contributed by atoms with Gasteiger partial charge >= 0.3 is 0 Å². The fourth-order valence-electron chi connectivity index (χ4n) is 3.02. The molecular formula is C21H24N2O3. The van der Waals surface area contributed by atoms with Gasteiger partial charge in [-0.05, 0) is 55.5 Å². The summed E-state index contributed by atoms with van der Waals surface area (Å²) in [6.45, 7) is 2.67. The molecule has 1 atom stereocenters. The number of rotatable bonds is 8. The summed E-state index contributed by atoms with van der Waals surface area (Å²) in [6.07, 6.45) is 2.35. The summed E-state index contributed by atoms with van der Waals surface area (Å²) in [7, 11) is 0. The van der Waals surface area contributed by atoms with Gasteiger partial charge in [0.05, 0.1) is 0 Å². The zero-order valence-corrected chi connectivity index (χ0v) is 14.9. The number of ether oxygens (including phenoxy) is 1. The van der Waals surface area contributed by atoms with Gasteiger partial charge in [-0.3, -0.25) is 9.59 Å². The number of carbonyl (C=O) groups is 2. The molecule has 136 valence electrons. The Labute approximate surface area is 153 Å². The predicted molar refractivity (Wildman–Crippen MR) is 99.6 cm³/mol. The van der Waals surface area contributed by atoms with E-state index in [4.69, 9.17) is 10.5 Å². The van der Waals surface area contributed by atoms with E-state index in [1.807, 2.05) is 35.2 Å². The molecule has 0 saturated heterocycles. The highest BCUT2D eigenvalue weighted by Crippen LogP contribution is 2.35. The molecule has 1 fully saturated rings. The Hall–Kier alpha value is -2.82. The second-order valence-electron chi connectivity index (χ2n) is 6.76. The third-order valence-corrected chi connectivity index (χ3v) is 4.81. The molecule has 0 bridgehead atoms. The first-order valence-electron chi connectivity index (χ1n) is 8.90. The molecule has 1 aliphatic carbocycles. The maximum absolute atomic E-state index is 12.8. The maximum atomic E-state index is 12.8. The van der Waals surface area contributed by atoms with Crippen molar-refractivity contribution in [3.8, 4) is 5.75 Å². The zero-order valence-electron chi connectivity index (χ0n) is 14.9. The highest BCUT2D eigenvalue weighted by Gasteiger charge is 2.34. The molecular weight excluding hydrogens is 328 g/mol. The Morgan fingerprint density at radius 1 is 1.12 bits per heavy atom. The molecule has 5 heteroatoms. The lowest BCUT2D eigenvalue weighted by molar-refractivity contribution is -0.136. The molecule has 2 aromatic rings. The van der Waals surface area contributed by atoms with Gasteiger partial charge in [0.2, 0.25) is 5.91 Å². The summed E-state index contributed by atoms with van der Waals surface area (Å²) in [5.74, 6) is 0.603. The minimum atomic E-state index is -0.486. The van der Waals surface area contributed by atoms with E-state index in [9.17, 15) is 9.59 Å². The molecule has 1 unspecified atom stereocenters. The van der Waals surface area contributed by atoms with Crippen molar-refractivity contribution in [1.82, 2.24) is 4.90 Å². The van der Waals surface area contributed by atoms with Crippen LogP contribution in [-0.4, -0.2) is 29.4 Å². The highest BCUT2D eigenvalue weighted by atomic mass is 16.5. The number of nitrogens with two attached hydrogens (primary N) is 1. The fourth-order valence-corrected chi connectivity index (χ4v) is 3.02. The van der Waals surface area contributed by atoms with Crippen molar-refractivity contribution in [2.75, 3.05) is 6.61 Å². The topological polar surface area (TPSA) is 72.6 Å². The van der Waals surface area contributed by atoms with Gasteiger partial charge in [-0.1, -0.05) is 30.3 Å². The van der Waals surface area contributed by atoms with Crippen LogP contribution in [0.25, 0.3) is 0 Å². The van der Waals surface area contributed by atoms with Crippen molar-refractivity contribution < 1.29 is 14.3 Å². The molecule has 5 nitrogen and oxygen atoms in total. The monoisotopic (exact) mass is 352 g/mol. The Balaban J connectivity index is 1.64. The van der Waals surface area contributed by atoms with Gasteiger partial charge in [0, 0.05) is 18.2 Å². The van der Waals surface area contributed by atoms with Gasteiger partial charge in [-0.15, -0.1) is 0 Å². The average Bonchev–Trinajstić information content (AvgIpc) is 3.50. The predicted octanol–water partition coefficient (Wildman–Crippen LogP) is 2.99. The molecule has 0 radical (unpaired) electrons. The SMILES string of the molecule is CC(C1CC1)N(Cc1ccccc1)C(=O)COc1ccc(C(N)=O)cc1. The number of primary amides is 1. The number of hydrogen-bond donors (Lipinski definition) is 1. The van der Waals surface area contributed by atoms with Crippen LogP contribution in [0.15, 0.2) is 54.6 Å². The number of hydrogen-bond acceptors (Lipinski definition) is 3. The van der Waals surface area contributed by atoms with Crippen molar-refractivity contribution in [3.63, 3.8) is 0 Å². The van der Waals surface area contributed by atoms with E-state index in [0.29, 0.717) is 23.8 Å². The van der Waals surface area contributed by atoms with Crippen LogP contribution >= 0.6 is 0 Å². The van der Waals surface area contributed by atoms with Gasteiger partial charge in [0.15, 0.2) is 6.61 Å². The van der Waals surface area contributed by atoms with Crippen LogP contribution in [0.4, 0.5) is 0 Å². The summed E-state index contributed by atoms with van der Waals surface area (Å²) in [5.41, 5.74) is 6.75. The van der Waals surface area contributed by atoms with Gasteiger partial charge < -0.3 is 15.4 Å². The molecule has 1 aliphatic rings. The summed E-state index contributed by atoms with van der Waals surface area (Å²) in [4.78, 5) is 25.8. The number of benzene rings is 2. The average molecular weight is 352 g/mol. The van der Waals surface area contributed by atoms with Crippen LogP contribution in [-0.2, 0) is 11.3 Å². The van der Waals surface area contributed by atoms with Crippen LogP contribution in [0, 0.1) is 5.92 Å². The molecule has 0 aromatic heterocycles. The molecule has 0 heterocycles. The zero-order chi connectivity index (χ0) is 18.5. The van der Waals surface area contributed by atoms with Gasteiger partial charge in [0.25, 0.3) is 5.91 Å². The number of carbonyl (C=O) groups excluding carboxylic acids is 2. The third-order valence-electron chi connectivity index (χ3n) is 4.81. The molecule has 2 aromatic carbocycles. The largest absolute Gasteiger partial charge is 0.484 e. The van der Waals surface area contributed by atoms with E-state index >= 15 is 0 Å². The molecule has 0 aliphatic heterocycles. The van der Waals surface area contributed by atoms with Crippen LogP contribution in [0.2, 0.25) is 0 Å². The first-order valence-corrected chi connectivity index (χ1v) is 8.90. The normalized spacial score (nSPS) is 14.5. The lowest BCUT2D eigenvalue weighted by Gasteiger charge is -2.29. The van der Waals surface area contributed by atoms with Gasteiger partial charge in [0.1, 0.15) is 5.75 Å². The number of nitrogens with zero attached hydrogens (tertiary/aromatic N) is 1. The Bertz CT molecular complexity index is 755. The number of amides is 2. The standard InChI is InChI=1S/C21H24N2O3/c1-15(17-7-8-17)23(13-16-5-3-2-4-6-16)20(24)14-26-19-11-9-18(10-12-19)21(22)25/h2-6,9-12,15,17H,7-8,13-14H2,1H3,(H2,22,25). The van der Waals surface area contributed by atoms with Gasteiger partial charge in [-0.25, -0.2) is 0 Å². The maximum Gasteiger partial charge on any atom is 0.261 e.